The van der Waals surface area contributed by atoms with E-state index in [1.807, 2.05) is 18.2 Å². The summed E-state index contributed by atoms with van der Waals surface area (Å²) in [6, 6.07) is 8.10. The molecule has 1 aromatic carbocycles. The first-order valence-corrected chi connectivity index (χ1v) is 11.1. The van der Waals surface area contributed by atoms with E-state index in [1.165, 1.54) is 6.42 Å². The zero-order valence-corrected chi connectivity index (χ0v) is 16.1. The molecule has 0 N–H and O–H groups in total. The van der Waals surface area contributed by atoms with E-state index >= 15 is 0 Å². The third-order valence-electron chi connectivity index (χ3n) is 4.47. The molecule has 0 bridgehead atoms. The van der Waals surface area contributed by atoms with Crippen LogP contribution in [0.3, 0.4) is 0 Å². The lowest BCUT2D eigenvalue weighted by atomic mass is 10.1. The maximum atomic E-state index is 6.19. The Morgan fingerprint density at radius 1 is 1.09 bits per heavy atom. The maximum Gasteiger partial charge on any atom is 0.191 e. The van der Waals surface area contributed by atoms with Crippen LogP contribution in [0.4, 0.5) is 0 Å². The van der Waals surface area contributed by atoms with Gasteiger partial charge in [-0.3, -0.25) is 0 Å². The Morgan fingerprint density at radius 2 is 1.77 bits per heavy atom. The number of hydrogen-bond donors (Lipinski definition) is 0. The van der Waals surface area contributed by atoms with Gasteiger partial charge in [-0.25, -0.2) is 0 Å². The molecule has 0 aliphatic carbocycles. The molecular formula is C19H32O2Si. The monoisotopic (exact) mass is 320 g/mol. The minimum absolute atomic E-state index is 0.302. The molecule has 0 aliphatic rings. The van der Waals surface area contributed by atoms with Crippen LogP contribution < -0.4 is 4.74 Å². The molecule has 0 saturated heterocycles. The first-order valence-electron chi connectivity index (χ1n) is 8.21. The van der Waals surface area contributed by atoms with Crippen molar-refractivity contribution in [3.8, 4) is 5.75 Å². The molecule has 2 nitrogen and oxygen atoms in total. The lowest BCUT2D eigenvalue weighted by Gasteiger charge is -2.36. The second-order valence-corrected chi connectivity index (χ2v) is 12.1. The van der Waals surface area contributed by atoms with Crippen molar-refractivity contribution in [2.45, 2.75) is 58.2 Å². The molecule has 0 spiro atoms. The number of para-hydroxylation sites is 1. The number of unbranched alkanes of at least 4 members (excludes halogenated alkanes) is 2. The van der Waals surface area contributed by atoms with E-state index in [0.717, 1.165) is 30.8 Å². The fourth-order valence-electron chi connectivity index (χ4n) is 1.92. The topological polar surface area (TPSA) is 18.5 Å². The van der Waals surface area contributed by atoms with E-state index in [-0.39, 0.29) is 0 Å². The zero-order chi connectivity index (χ0) is 16.6. The van der Waals surface area contributed by atoms with Gasteiger partial charge in [-0.15, -0.1) is 0 Å². The van der Waals surface area contributed by atoms with Gasteiger partial charge in [0.2, 0.25) is 0 Å². The SMILES string of the molecule is COc1ccccc1/C=C/CCCCO[Si](C)(C)C(C)(C)C. The van der Waals surface area contributed by atoms with E-state index in [4.69, 9.17) is 9.16 Å². The quantitative estimate of drug-likeness (QED) is 0.438. The average molecular weight is 321 g/mol. The zero-order valence-electron chi connectivity index (χ0n) is 15.1. The van der Waals surface area contributed by atoms with Crippen LogP contribution in [-0.2, 0) is 4.43 Å². The van der Waals surface area contributed by atoms with Crippen LogP contribution >= 0.6 is 0 Å². The van der Waals surface area contributed by atoms with Gasteiger partial charge >= 0.3 is 0 Å². The first-order chi connectivity index (χ1) is 10.3. The summed E-state index contributed by atoms with van der Waals surface area (Å²) >= 11 is 0. The average Bonchev–Trinajstić information content (AvgIpc) is 2.45. The fourth-order valence-corrected chi connectivity index (χ4v) is 3.01. The molecule has 0 radical (unpaired) electrons. The molecule has 0 atom stereocenters. The first kappa shape index (κ1) is 19.0. The highest BCUT2D eigenvalue weighted by Crippen LogP contribution is 2.36. The highest BCUT2D eigenvalue weighted by atomic mass is 28.4. The number of benzene rings is 1. The molecule has 0 aliphatic heterocycles. The molecule has 1 aromatic rings. The van der Waals surface area contributed by atoms with Gasteiger partial charge in [-0.1, -0.05) is 51.1 Å². The van der Waals surface area contributed by atoms with Crippen LogP contribution in [0.15, 0.2) is 30.3 Å². The van der Waals surface area contributed by atoms with Gasteiger partial charge in [0.05, 0.1) is 7.11 Å². The lowest BCUT2D eigenvalue weighted by Crippen LogP contribution is -2.40. The molecule has 124 valence electrons. The summed E-state index contributed by atoms with van der Waals surface area (Å²) < 4.78 is 11.5. The molecule has 1 rings (SSSR count). The van der Waals surface area contributed by atoms with Crippen molar-refractivity contribution < 1.29 is 9.16 Å². The van der Waals surface area contributed by atoms with Gasteiger partial charge in [-0.05, 0) is 43.5 Å². The fraction of sp³-hybridized carbons (Fsp3) is 0.579. The van der Waals surface area contributed by atoms with Crippen molar-refractivity contribution in [1.29, 1.82) is 0 Å². The Bertz CT molecular complexity index is 473. The number of hydrogen-bond acceptors (Lipinski definition) is 2. The molecule has 0 heterocycles. The Labute approximate surface area is 137 Å². The van der Waals surface area contributed by atoms with Crippen LogP contribution in [0, 0.1) is 0 Å². The van der Waals surface area contributed by atoms with Gasteiger partial charge < -0.3 is 9.16 Å². The van der Waals surface area contributed by atoms with Crippen molar-refractivity contribution >= 4 is 14.4 Å². The second kappa shape index (κ2) is 8.54. The molecule has 22 heavy (non-hydrogen) atoms. The number of rotatable bonds is 8. The smallest absolute Gasteiger partial charge is 0.191 e. The van der Waals surface area contributed by atoms with Crippen molar-refractivity contribution in [3.63, 3.8) is 0 Å². The van der Waals surface area contributed by atoms with Crippen molar-refractivity contribution in [2.75, 3.05) is 13.7 Å². The summed E-state index contributed by atoms with van der Waals surface area (Å²) in [5.41, 5.74) is 1.14. The molecule has 0 unspecified atom stereocenters. The Balaban J connectivity index is 2.27. The minimum atomic E-state index is -1.57. The highest BCUT2D eigenvalue weighted by Gasteiger charge is 2.36. The van der Waals surface area contributed by atoms with Gasteiger partial charge in [0.25, 0.3) is 0 Å². The predicted molar refractivity (Wildman–Crippen MR) is 99.0 cm³/mol. The van der Waals surface area contributed by atoms with Gasteiger partial charge in [-0.2, -0.15) is 0 Å². The molecule has 0 aromatic heterocycles. The standard InChI is InChI=1S/C19H32O2Si/c1-19(2,3)22(5,6)21-16-12-8-7-9-13-17-14-10-11-15-18(17)20-4/h9-11,13-15H,7-8,12,16H2,1-6H3/b13-9+. The van der Waals surface area contributed by atoms with Crippen LogP contribution in [-0.4, -0.2) is 22.0 Å². The molecule has 0 saturated carbocycles. The maximum absolute atomic E-state index is 6.19. The van der Waals surface area contributed by atoms with Crippen molar-refractivity contribution in [3.05, 3.63) is 35.9 Å². The normalized spacial score (nSPS) is 12.8. The van der Waals surface area contributed by atoms with E-state index in [2.05, 4.69) is 52.1 Å². The van der Waals surface area contributed by atoms with Crippen LogP contribution in [0.5, 0.6) is 5.75 Å². The summed E-state index contributed by atoms with van der Waals surface area (Å²) in [5, 5.41) is 0.302. The van der Waals surface area contributed by atoms with Crippen molar-refractivity contribution in [1.82, 2.24) is 0 Å². The van der Waals surface area contributed by atoms with E-state index < -0.39 is 8.32 Å². The Hall–Kier alpha value is -1.06. The lowest BCUT2D eigenvalue weighted by molar-refractivity contribution is 0.279. The predicted octanol–water partition coefficient (Wildman–Crippen LogP) is 5.90. The van der Waals surface area contributed by atoms with Crippen LogP contribution in [0.2, 0.25) is 18.1 Å². The molecule has 0 amide bonds. The highest BCUT2D eigenvalue weighted by molar-refractivity contribution is 6.74. The van der Waals surface area contributed by atoms with Gasteiger partial charge in [0.15, 0.2) is 8.32 Å². The Morgan fingerprint density at radius 3 is 2.41 bits per heavy atom. The molecule has 3 heteroatoms. The summed E-state index contributed by atoms with van der Waals surface area (Å²) in [5.74, 6) is 0.931. The van der Waals surface area contributed by atoms with Gasteiger partial charge in [0.1, 0.15) is 5.75 Å². The molecule has 0 fully saturated rings. The minimum Gasteiger partial charge on any atom is -0.496 e. The molecular weight excluding hydrogens is 288 g/mol. The van der Waals surface area contributed by atoms with Gasteiger partial charge in [0, 0.05) is 12.2 Å². The number of methoxy groups -OCH3 is 1. The van der Waals surface area contributed by atoms with Crippen molar-refractivity contribution in [2.24, 2.45) is 0 Å². The summed E-state index contributed by atoms with van der Waals surface area (Å²) in [7, 11) is 0.140. The third kappa shape index (κ3) is 5.97. The number of allylic oxidation sites excluding steroid dienone is 1. The summed E-state index contributed by atoms with van der Waals surface area (Å²) in [6.45, 7) is 12.4. The summed E-state index contributed by atoms with van der Waals surface area (Å²) in [4.78, 5) is 0. The van der Waals surface area contributed by atoms with E-state index in [0.29, 0.717) is 5.04 Å². The largest absolute Gasteiger partial charge is 0.496 e. The Kier molecular flexibility index (Phi) is 7.37. The summed E-state index contributed by atoms with van der Waals surface area (Å²) in [6.07, 6.45) is 7.75. The van der Waals surface area contributed by atoms with Crippen LogP contribution in [0.25, 0.3) is 6.08 Å². The van der Waals surface area contributed by atoms with Crippen LogP contribution in [0.1, 0.15) is 45.6 Å². The third-order valence-corrected chi connectivity index (χ3v) is 9.01. The van der Waals surface area contributed by atoms with E-state index in [9.17, 15) is 0 Å². The van der Waals surface area contributed by atoms with E-state index in [1.54, 1.807) is 7.11 Å². The number of ether oxygens (including phenoxy) is 1. The second-order valence-electron chi connectivity index (χ2n) is 7.25.